The highest BCUT2D eigenvalue weighted by molar-refractivity contribution is 7.92. The van der Waals surface area contributed by atoms with Gasteiger partial charge in [0, 0.05) is 16.3 Å². The van der Waals surface area contributed by atoms with Crippen LogP contribution < -0.4 is 14.8 Å². The summed E-state index contributed by atoms with van der Waals surface area (Å²) in [5.41, 5.74) is 1.59. The summed E-state index contributed by atoms with van der Waals surface area (Å²) in [5, 5.41) is 7.11. The van der Waals surface area contributed by atoms with E-state index in [1.54, 1.807) is 32.9 Å². The lowest BCUT2D eigenvalue weighted by atomic mass is 10.3. The van der Waals surface area contributed by atoms with Gasteiger partial charge in [0.1, 0.15) is 5.75 Å². The molecule has 8 nitrogen and oxygen atoms in total. The molecule has 0 spiro atoms. The van der Waals surface area contributed by atoms with Crippen molar-refractivity contribution in [2.45, 2.75) is 31.8 Å². The number of ether oxygens (including phenoxy) is 1. The molecule has 0 saturated carbocycles. The van der Waals surface area contributed by atoms with Gasteiger partial charge in [-0.2, -0.15) is 0 Å². The van der Waals surface area contributed by atoms with Crippen LogP contribution in [0.5, 0.6) is 5.75 Å². The van der Waals surface area contributed by atoms with Gasteiger partial charge in [-0.1, -0.05) is 28.4 Å². The van der Waals surface area contributed by atoms with Crippen molar-refractivity contribution in [1.82, 2.24) is 5.16 Å². The Morgan fingerprint density at radius 2 is 1.81 bits per heavy atom. The number of sulfonamides is 1. The lowest BCUT2D eigenvalue weighted by molar-refractivity contribution is -0.122. The van der Waals surface area contributed by atoms with Crippen molar-refractivity contribution in [2.75, 3.05) is 10.0 Å². The average molecular weight is 484 g/mol. The van der Waals surface area contributed by atoms with Crippen LogP contribution in [0.25, 0.3) is 0 Å². The van der Waals surface area contributed by atoms with Crippen LogP contribution in [-0.4, -0.2) is 25.6 Å². The van der Waals surface area contributed by atoms with E-state index < -0.39 is 22.0 Å². The summed E-state index contributed by atoms with van der Waals surface area (Å²) >= 11 is 11.9. The Hall–Kier alpha value is -2.75. The summed E-state index contributed by atoms with van der Waals surface area (Å²) in [6, 6.07) is 10.3. The molecule has 2 aromatic carbocycles. The van der Waals surface area contributed by atoms with Gasteiger partial charge in [0.2, 0.25) is 5.88 Å². The van der Waals surface area contributed by atoms with Gasteiger partial charge < -0.3 is 14.6 Å². The largest absolute Gasteiger partial charge is 0.479 e. The zero-order valence-electron chi connectivity index (χ0n) is 16.8. The molecule has 3 rings (SSSR count). The minimum absolute atomic E-state index is 0.00352. The van der Waals surface area contributed by atoms with Crippen molar-refractivity contribution in [3.05, 3.63) is 63.8 Å². The fourth-order valence-corrected chi connectivity index (χ4v) is 3.97. The van der Waals surface area contributed by atoms with Crippen LogP contribution in [0.15, 0.2) is 51.9 Å². The highest BCUT2D eigenvalue weighted by Gasteiger charge is 2.20. The van der Waals surface area contributed by atoms with Crippen molar-refractivity contribution in [2.24, 2.45) is 0 Å². The van der Waals surface area contributed by atoms with Gasteiger partial charge in [0.05, 0.1) is 15.6 Å². The first kappa shape index (κ1) is 22.9. The summed E-state index contributed by atoms with van der Waals surface area (Å²) in [6.07, 6.45) is -0.860. The lowest BCUT2D eigenvalue weighted by Crippen LogP contribution is -2.30. The smallest absolute Gasteiger partial charge is 0.265 e. The van der Waals surface area contributed by atoms with Crippen LogP contribution >= 0.6 is 23.2 Å². The highest BCUT2D eigenvalue weighted by Crippen LogP contribution is 2.28. The molecule has 1 aromatic heterocycles. The van der Waals surface area contributed by atoms with Crippen molar-refractivity contribution < 1.29 is 22.5 Å². The predicted molar refractivity (Wildman–Crippen MR) is 118 cm³/mol. The van der Waals surface area contributed by atoms with E-state index in [2.05, 4.69) is 15.2 Å². The van der Waals surface area contributed by atoms with E-state index >= 15 is 0 Å². The fraction of sp³-hybridized carbons (Fsp3) is 0.200. The lowest BCUT2D eigenvalue weighted by Gasteiger charge is -2.16. The standard InChI is InChI=1S/C20H19Cl2N3O5S/c1-11-12(2)24-30-20(11)25-31(27,28)16-7-5-15(6-8-16)23-19(26)13(3)29-18-9-4-14(21)10-17(18)22/h4-10,13,25H,1-3H3,(H,23,26). The molecule has 0 aliphatic rings. The number of hydrogen-bond acceptors (Lipinski definition) is 6. The van der Waals surface area contributed by atoms with Crippen LogP contribution in [0.4, 0.5) is 11.6 Å². The Kier molecular flexibility index (Phi) is 6.78. The number of halogens is 2. The monoisotopic (exact) mass is 483 g/mol. The van der Waals surface area contributed by atoms with Crippen LogP contribution in [0.1, 0.15) is 18.2 Å². The maximum atomic E-state index is 12.5. The molecule has 0 radical (unpaired) electrons. The van der Waals surface area contributed by atoms with Gasteiger partial charge >= 0.3 is 0 Å². The van der Waals surface area contributed by atoms with E-state index in [0.717, 1.165) is 0 Å². The molecule has 164 valence electrons. The molecular weight excluding hydrogens is 465 g/mol. The second kappa shape index (κ2) is 9.17. The maximum absolute atomic E-state index is 12.5. The maximum Gasteiger partial charge on any atom is 0.265 e. The number of nitrogens with zero attached hydrogens (tertiary/aromatic N) is 1. The average Bonchev–Trinajstić information content (AvgIpc) is 3.02. The number of nitrogens with one attached hydrogen (secondary N) is 2. The quantitative estimate of drug-likeness (QED) is 0.498. The molecule has 1 unspecified atom stereocenters. The number of benzene rings is 2. The van der Waals surface area contributed by atoms with E-state index in [-0.39, 0.29) is 15.8 Å². The number of carbonyl (C=O) groups is 1. The zero-order valence-corrected chi connectivity index (χ0v) is 19.1. The first-order valence-corrected chi connectivity index (χ1v) is 11.3. The normalized spacial score (nSPS) is 12.3. The molecule has 3 aromatic rings. The molecule has 31 heavy (non-hydrogen) atoms. The molecule has 11 heteroatoms. The van der Waals surface area contributed by atoms with Crippen LogP contribution in [0.3, 0.4) is 0 Å². The minimum Gasteiger partial charge on any atom is -0.479 e. The zero-order chi connectivity index (χ0) is 22.8. The number of aryl methyl sites for hydroxylation is 1. The van der Waals surface area contributed by atoms with E-state index in [4.69, 9.17) is 32.5 Å². The van der Waals surface area contributed by atoms with Crippen molar-refractivity contribution in [3.8, 4) is 5.75 Å². The summed E-state index contributed by atoms with van der Waals surface area (Å²) in [5.74, 6) is -0.0617. The second-order valence-corrected chi connectivity index (χ2v) is 9.20. The fourth-order valence-electron chi connectivity index (χ4n) is 2.47. The molecule has 0 bridgehead atoms. The van der Waals surface area contributed by atoms with Gasteiger partial charge in [-0.15, -0.1) is 0 Å². The van der Waals surface area contributed by atoms with E-state index in [1.807, 2.05) is 0 Å². The van der Waals surface area contributed by atoms with E-state index in [1.165, 1.54) is 30.3 Å². The van der Waals surface area contributed by atoms with Crippen LogP contribution in [0.2, 0.25) is 10.0 Å². The van der Waals surface area contributed by atoms with E-state index in [9.17, 15) is 13.2 Å². The first-order valence-electron chi connectivity index (χ1n) is 9.05. The third-order valence-electron chi connectivity index (χ3n) is 4.38. The third-order valence-corrected chi connectivity index (χ3v) is 6.26. The molecule has 0 fully saturated rings. The highest BCUT2D eigenvalue weighted by atomic mass is 35.5. The number of rotatable bonds is 7. The Bertz CT molecular complexity index is 1210. The molecule has 0 saturated heterocycles. The summed E-state index contributed by atoms with van der Waals surface area (Å²) < 4.78 is 38.0. The summed E-state index contributed by atoms with van der Waals surface area (Å²) in [7, 11) is -3.88. The molecule has 1 atom stereocenters. The number of carbonyl (C=O) groups excluding carboxylic acids is 1. The first-order chi connectivity index (χ1) is 14.6. The Morgan fingerprint density at radius 1 is 1.13 bits per heavy atom. The Labute approximate surface area is 189 Å². The topological polar surface area (TPSA) is 111 Å². The van der Waals surface area contributed by atoms with Gasteiger partial charge in [0.25, 0.3) is 15.9 Å². The molecule has 2 N–H and O–H groups in total. The Balaban J connectivity index is 1.65. The van der Waals surface area contributed by atoms with Crippen LogP contribution in [-0.2, 0) is 14.8 Å². The third kappa shape index (κ3) is 5.49. The van der Waals surface area contributed by atoms with E-state index in [0.29, 0.717) is 27.7 Å². The summed E-state index contributed by atoms with van der Waals surface area (Å²) in [6.45, 7) is 4.97. The number of aromatic nitrogens is 1. The van der Waals surface area contributed by atoms with Gasteiger partial charge in [-0.25, -0.2) is 13.1 Å². The molecule has 1 heterocycles. The molecule has 0 aliphatic carbocycles. The number of anilines is 2. The minimum atomic E-state index is -3.88. The predicted octanol–water partition coefficient (Wildman–Crippen LogP) is 4.81. The number of amides is 1. The number of hydrogen-bond donors (Lipinski definition) is 2. The summed E-state index contributed by atoms with van der Waals surface area (Å²) in [4.78, 5) is 12.4. The van der Waals surface area contributed by atoms with Crippen LogP contribution in [0, 0.1) is 13.8 Å². The van der Waals surface area contributed by atoms with Crippen molar-refractivity contribution >= 4 is 50.7 Å². The van der Waals surface area contributed by atoms with Gasteiger partial charge in [0.15, 0.2) is 6.10 Å². The van der Waals surface area contributed by atoms with Gasteiger partial charge in [-0.3, -0.25) is 4.79 Å². The Morgan fingerprint density at radius 3 is 2.39 bits per heavy atom. The molecular formula is C20H19Cl2N3O5S. The SMILES string of the molecule is Cc1noc(NS(=O)(=O)c2ccc(NC(=O)C(C)Oc3ccc(Cl)cc3Cl)cc2)c1C. The molecule has 0 aliphatic heterocycles. The molecule has 1 amide bonds. The van der Waals surface area contributed by atoms with Gasteiger partial charge in [-0.05, 0) is 63.2 Å². The van der Waals surface area contributed by atoms with Crippen molar-refractivity contribution in [3.63, 3.8) is 0 Å². The van der Waals surface area contributed by atoms with Crippen molar-refractivity contribution in [1.29, 1.82) is 0 Å². The second-order valence-electron chi connectivity index (χ2n) is 6.68.